The molecule has 3 rings (SSSR count). The second-order valence-corrected chi connectivity index (χ2v) is 6.50. The van der Waals surface area contributed by atoms with Crippen molar-refractivity contribution in [2.75, 3.05) is 5.75 Å². The zero-order chi connectivity index (χ0) is 15.4. The van der Waals surface area contributed by atoms with Crippen LogP contribution in [0.1, 0.15) is 32.6 Å². The molecule has 2 atom stereocenters. The predicted molar refractivity (Wildman–Crippen MR) is 82.3 cm³/mol. The maximum absolute atomic E-state index is 12.0. The Morgan fingerprint density at radius 1 is 1.41 bits per heavy atom. The smallest absolute Gasteiger partial charge is 0.284 e. The number of aromatic nitrogens is 2. The van der Waals surface area contributed by atoms with E-state index in [0.717, 1.165) is 6.42 Å². The summed E-state index contributed by atoms with van der Waals surface area (Å²) in [5, 5.41) is 11.3. The minimum absolute atomic E-state index is 0.0153. The normalized spacial score (nSPS) is 21.7. The molecule has 22 heavy (non-hydrogen) atoms. The number of carbonyl (C=O) groups is 1. The number of thioether (sulfide) groups is 1. The Morgan fingerprint density at radius 2 is 2.27 bits per heavy atom. The molecular formula is C15H19N3O3S. The van der Waals surface area contributed by atoms with Gasteiger partial charge in [-0.1, -0.05) is 31.5 Å². The van der Waals surface area contributed by atoms with E-state index in [9.17, 15) is 4.79 Å². The summed E-state index contributed by atoms with van der Waals surface area (Å²) in [6.45, 7) is 2.20. The van der Waals surface area contributed by atoms with E-state index in [1.165, 1.54) is 31.0 Å². The lowest BCUT2D eigenvalue weighted by atomic mass is 9.86. The largest absolute Gasteiger partial charge is 0.459 e. The molecule has 0 aromatic carbocycles. The summed E-state index contributed by atoms with van der Waals surface area (Å²) in [7, 11) is 0. The molecule has 0 aliphatic heterocycles. The van der Waals surface area contributed by atoms with Crippen LogP contribution in [0.25, 0.3) is 11.7 Å². The number of nitrogens with zero attached hydrogens (tertiary/aromatic N) is 2. The van der Waals surface area contributed by atoms with Gasteiger partial charge in [0.2, 0.25) is 5.91 Å². The van der Waals surface area contributed by atoms with Crippen molar-refractivity contribution in [3.8, 4) is 11.7 Å². The maximum atomic E-state index is 12.0. The van der Waals surface area contributed by atoms with Crippen LogP contribution in [0.3, 0.4) is 0 Å². The molecule has 1 aliphatic carbocycles. The third-order valence-corrected chi connectivity index (χ3v) is 4.74. The fourth-order valence-corrected chi connectivity index (χ4v) is 3.25. The predicted octanol–water partition coefficient (Wildman–Crippen LogP) is 3.12. The Kier molecular flexibility index (Phi) is 4.82. The van der Waals surface area contributed by atoms with Crippen molar-refractivity contribution in [3.05, 3.63) is 18.4 Å². The molecule has 1 N–H and O–H groups in total. The van der Waals surface area contributed by atoms with Crippen LogP contribution in [0.2, 0.25) is 0 Å². The molecule has 0 radical (unpaired) electrons. The Morgan fingerprint density at radius 3 is 3.05 bits per heavy atom. The van der Waals surface area contributed by atoms with Gasteiger partial charge in [0.15, 0.2) is 5.76 Å². The molecule has 2 aromatic heterocycles. The molecule has 0 unspecified atom stereocenters. The van der Waals surface area contributed by atoms with Crippen LogP contribution in [0.15, 0.2) is 32.5 Å². The zero-order valence-electron chi connectivity index (χ0n) is 12.4. The molecular weight excluding hydrogens is 302 g/mol. The van der Waals surface area contributed by atoms with Gasteiger partial charge in [0.25, 0.3) is 11.1 Å². The highest BCUT2D eigenvalue weighted by Gasteiger charge is 2.23. The second-order valence-electron chi connectivity index (χ2n) is 5.57. The summed E-state index contributed by atoms with van der Waals surface area (Å²) in [6, 6.07) is 3.80. The molecule has 0 saturated heterocycles. The Hall–Kier alpha value is -1.76. The van der Waals surface area contributed by atoms with Crippen LogP contribution in [0.5, 0.6) is 0 Å². The van der Waals surface area contributed by atoms with E-state index in [2.05, 4.69) is 22.4 Å². The first-order valence-corrected chi connectivity index (χ1v) is 8.50. The van der Waals surface area contributed by atoms with Crippen LogP contribution in [0.4, 0.5) is 0 Å². The number of rotatable bonds is 5. The van der Waals surface area contributed by atoms with E-state index in [1.54, 1.807) is 18.4 Å². The van der Waals surface area contributed by atoms with Crippen molar-refractivity contribution in [3.63, 3.8) is 0 Å². The zero-order valence-corrected chi connectivity index (χ0v) is 13.3. The van der Waals surface area contributed by atoms with Gasteiger partial charge in [-0.3, -0.25) is 4.79 Å². The van der Waals surface area contributed by atoms with Gasteiger partial charge in [-0.05, 0) is 30.9 Å². The molecule has 7 heteroatoms. The van der Waals surface area contributed by atoms with Crippen molar-refractivity contribution in [1.82, 2.24) is 15.5 Å². The number of carbonyl (C=O) groups excluding carboxylic acids is 1. The van der Waals surface area contributed by atoms with Gasteiger partial charge < -0.3 is 14.2 Å². The standard InChI is InChI=1S/C15H19N3O3S/c1-10-5-2-3-6-11(10)16-13(19)9-22-15-18-17-14(21-15)12-7-4-8-20-12/h4,7-8,10-11H,2-3,5-6,9H2,1H3,(H,16,19)/t10-,11-/m0/s1. The van der Waals surface area contributed by atoms with Crippen LogP contribution in [-0.4, -0.2) is 27.9 Å². The summed E-state index contributed by atoms with van der Waals surface area (Å²) >= 11 is 1.24. The van der Waals surface area contributed by atoms with Gasteiger partial charge in [0, 0.05) is 6.04 Å². The van der Waals surface area contributed by atoms with Crippen molar-refractivity contribution < 1.29 is 13.6 Å². The molecule has 6 nitrogen and oxygen atoms in total. The van der Waals surface area contributed by atoms with E-state index in [0.29, 0.717) is 28.8 Å². The van der Waals surface area contributed by atoms with Crippen LogP contribution < -0.4 is 5.32 Å². The van der Waals surface area contributed by atoms with Crippen molar-refractivity contribution in [1.29, 1.82) is 0 Å². The SMILES string of the molecule is C[C@H]1CCCC[C@@H]1NC(=O)CSc1nnc(-c2ccco2)o1. The van der Waals surface area contributed by atoms with Crippen LogP contribution in [0, 0.1) is 5.92 Å². The van der Waals surface area contributed by atoms with Crippen molar-refractivity contribution in [2.24, 2.45) is 5.92 Å². The number of hydrogen-bond acceptors (Lipinski definition) is 6. The van der Waals surface area contributed by atoms with Crippen LogP contribution in [-0.2, 0) is 4.79 Å². The second kappa shape index (κ2) is 7.00. The lowest BCUT2D eigenvalue weighted by Gasteiger charge is -2.29. The third-order valence-electron chi connectivity index (χ3n) is 3.92. The molecule has 2 aromatic rings. The van der Waals surface area contributed by atoms with Crippen molar-refractivity contribution in [2.45, 2.75) is 43.9 Å². The van der Waals surface area contributed by atoms with Gasteiger partial charge in [-0.15, -0.1) is 10.2 Å². The Labute approximate surface area is 133 Å². The molecule has 2 heterocycles. The van der Waals surface area contributed by atoms with E-state index in [1.807, 2.05) is 0 Å². The first kappa shape index (κ1) is 15.1. The summed E-state index contributed by atoms with van der Waals surface area (Å²) in [4.78, 5) is 12.0. The number of hydrogen-bond donors (Lipinski definition) is 1. The average molecular weight is 321 g/mol. The molecule has 0 spiro atoms. The average Bonchev–Trinajstić information content (AvgIpc) is 3.18. The molecule has 0 bridgehead atoms. The summed E-state index contributed by atoms with van der Waals surface area (Å²) in [5.74, 6) is 1.70. The van der Waals surface area contributed by atoms with E-state index in [-0.39, 0.29) is 11.7 Å². The summed E-state index contributed by atoms with van der Waals surface area (Å²) in [6.07, 6.45) is 6.26. The van der Waals surface area contributed by atoms with E-state index in [4.69, 9.17) is 8.83 Å². The lowest BCUT2D eigenvalue weighted by Crippen LogP contribution is -2.41. The fourth-order valence-electron chi connectivity index (χ4n) is 2.67. The van der Waals surface area contributed by atoms with Gasteiger partial charge in [0.05, 0.1) is 12.0 Å². The number of furan rings is 1. The fraction of sp³-hybridized carbons (Fsp3) is 0.533. The highest BCUT2D eigenvalue weighted by Crippen LogP contribution is 2.25. The Balaban J connectivity index is 1.49. The quantitative estimate of drug-likeness (QED) is 0.852. The highest BCUT2D eigenvalue weighted by atomic mass is 32.2. The Bertz CT molecular complexity index is 611. The molecule has 1 aliphatic rings. The number of amides is 1. The van der Waals surface area contributed by atoms with E-state index < -0.39 is 0 Å². The van der Waals surface area contributed by atoms with Gasteiger partial charge in [0.1, 0.15) is 0 Å². The lowest BCUT2D eigenvalue weighted by molar-refractivity contribution is -0.119. The highest BCUT2D eigenvalue weighted by molar-refractivity contribution is 7.99. The van der Waals surface area contributed by atoms with E-state index >= 15 is 0 Å². The van der Waals surface area contributed by atoms with Crippen molar-refractivity contribution >= 4 is 17.7 Å². The molecule has 1 fully saturated rings. The molecule has 1 saturated carbocycles. The molecule has 1 amide bonds. The number of nitrogens with one attached hydrogen (secondary N) is 1. The van der Waals surface area contributed by atoms with Gasteiger partial charge in [-0.2, -0.15) is 0 Å². The first-order chi connectivity index (χ1) is 10.7. The minimum Gasteiger partial charge on any atom is -0.459 e. The third kappa shape index (κ3) is 3.71. The van der Waals surface area contributed by atoms with Gasteiger partial charge >= 0.3 is 0 Å². The first-order valence-electron chi connectivity index (χ1n) is 7.52. The minimum atomic E-state index is 0.0153. The molecule has 118 valence electrons. The summed E-state index contributed by atoms with van der Waals surface area (Å²) < 4.78 is 10.6. The maximum Gasteiger partial charge on any atom is 0.284 e. The topological polar surface area (TPSA) is 81.2 Å². The monoisotopic (exact) mass is 321 g/mol. The van der Waals surface area contributed by atoms with Gasteiger partial charge in [-0.25, -0.2) is 0 Å². The van der Waals surface area contributed by atoms with Crippen LogP contribution >= 0.6 is 11.8 Å². The summed E-state index contributed by atoms with van der Waals surface area (Å²) in [5.41, 5.74) is 0.